The van der Waals surface area contributed by atoms with E-state index >= 15 is 0 Å². The monoisotopic (exact) mass is 482 g/mol. The number of aromatic nitrogens is 6. The lowest BCUT2D eigenvalue weighted by atomic mass is 10.0. The second-order valence-electron chi connectivity index (χ2n) is 8.67. The summed E-state index contributed by atoms with van der Waals surface area (Å²) in [6.07, 6.45) is 5.26. The van der Waals surface area contributed by atoms with Gasteiger partial charge in [-0.05, 0) is 43.7 Å². The molecule has 182 valence electrons. The molecule has 0 unspecified atom stereocenters. The van der Waals surface area contributed by atoms with E-state index < -0.39 is 0 Å². The van der Waals surface area contributed by atoms with Crippen LogP contribution in [0.5, 0.6) is 5.75 Å². The first-order valence-electron chi connectivity index (χ1n) is 11.5. The van der Waals surface area contributed by atoms with E-state index in [0.717, 1.165) is 22.3 Å². The highest BCUT2D eigenvalue weighted by Gasteiger charge is 2.20. The standard InChI is InChI=1S/C26H26N8O2/c1-15-4-6-17(7-5-15)30-22(35)8-10-27-21-14-28-24(25(31-21)20-9-11-34(3)33-20)18-12-16(2)23-19(26(18)36)13-29-32-23/h4-7,9,11-14,36H,8,10H2,1-3H3,(H,27,31)(H,29,32)(H,30,35). The van der Waals surface area contributed by atoms with E-state index in [2.05, 4.69) is 30.9 Å². The molecule has 5 rings (SSSR count). The number of phenolic OH excluding ortho intramolecular Hbond substituents is 1. The van der Waals surface area contributed by atoms with Crippen molar-refractivity contribution >= 4 is 28.3 Å². The van der Waals surface area contributed by atoms with E-state index in [9.17, 15) is 9.90 Å². The summed E-state index contributed by atoms with van der Waals surface area (Å²) in [5.41, 5.74) is 5.76. The summed E-state index contributed by atoms with van der Waals surface area (Å²) in [4.78, 5) is 21.7. The van der Waals surface area contributed by atoms with Crippen molar-refractivity contribution in [2.75, 3.05) is 17.2 Å². The number of hydrogen-bond donors (Lipinski definition) is 4. The normalized spacial score (nSPS) is 11.1. The Hall–Kier alpha value is -4.73. The number of benzene rings is 2. The first-order chi connectivity index (χ1) is 17.4. The summed E-state index contributed by atoms with van der Waals surface area (Å²) >= 11 is 0. The van der Waals surface area contributed by atoms with Crippen LogP contribution in [0.3, 0.4) is 0 Å². The van der Waals surface area contributed by atoms with E-state index in [1.807, 2.05) is 63.5 Å². The Bertz CT molecular complexity index is 1550. The minimum absolute atomic E-state index is 0.0734. The highest BCUT2D eigenvalue weighted by atomic mass is 16.3. The first-order valence-corrected chi connectivity index (χ1v) is 11.5. The van der Waals surface area contributed by atoms with Gasteiger partial charge in [0.05, 0.1) is 23.3 Å². The van der Waals surface area contributed by atoms with E-state index in [1.165, 1.54) is 0 Å². The molecule has 0 spiro atoms. The van der Waals surface area contributed by atoms with Gasteiger partial charge >= 0.3 is 0 Å². The highest BCUT2D eigenvalue weighted by Crippen LogP contribution is 2.39. The van der Waals surface area contributed by atoms with Gasteiger partial charge in [-0.2, -0.15) is 10.2 Å². The predicted molar refractivity (Wildman–Crippen MR) is 139 cm³/mol. The molecule has 0 atom stereocenters. The minimum atomic E-state index is -0.102. The molecule has 0 radical (unpaired) electrons. The zero-order chi connectivity index (χ0) is 25.2. The van der Waals surface area contributed by atoms with Crippen LogP contribution in [0.2, 0.25) is 0 Å². The average molecular weight is 483 g/mol. The Balaban J connectivity index is 1.40. The molecule has 0 fully saturated rings. The van der Waals surface area contributed by atoms with Crippen LogP contribution in [0, 0.1) is 13.8 Å². The molecular formula is C26H26N8O2. The molecule has 0 aliphatic heterocycles. The van der Waals surface area contributed by atoms with Crippen molar-refractivity contribution < 1.29 is 9.90 Å². The second kappa shape index (κ2) is 9.49. The van der Waals surface area contributed by atoms with Crippen molar-refractivity contribution in [1.29, 1.82) is 0 Å². The summed E-state index contributed by atoms with van der Waals surface area (Å²) in [5, 5.41) is 29.1. The van der Waals surface area contributed by atoms with Gasteiger partial charge in [0.15, 0.2) is 0 Å². The number of rotatable bonds is 7. The van der Waals surface area contributed by atoms with Gasteiger partial charge in [-0.25, -0.2) is 9.97 Å². The van der Waals surface area contributed by atoms with Crippen LogP contribution in [0.4, 0.5) is 11.5 Å². The lowest BCUT2D eigenvalue weighted by molar-refractivity contribution is -0.115. The number of phenols is 1. The Labute approximate surface area is 207 Å². The van der Waals surface area contributed by atoms with Crippen LogP contribution in [0.25, 0.3) is 33.5 Å². The smallest absolute Gasteiger partial charge is 0.226 e. The lowest BCUT2D eigenvalue weighted by Gasteiger charge is -2.13. The maximum Gasteiger partial charge on any atom is 0.226 e. The van der Waals surface area contributed by atoms with Gasteiger partial charge in [-0.15, -0.1) is 0 Å². The molecule has 5 aromatic rings. The molecule has 36 heavy (non-hydrogen) atoms. The fourth-order valence-electron chi connectivity index (χ4n) is 4.00. The predicted octanol–water partition coefficient (Wildman–Crippen LogP) is 4.18. The molecule has 0 saturated heterocycles. The van der Waals surface area contributed by atoms with Crippen molar-refractivity contribution in [3.63, 3.8) is 0 Å². The number of anilines is 2. The summed E-state index contributed by atoms with van der Waals surface area (Å²) in [7, 11) is 1.82. The molecule has 3 aromatic heterocycles. The molecule has 1 amide bonds. The molecular weight excluding hydrogens is 456 g/mol. The highest BCUT2D eigenvalue weighted by molar-refractivity contribution is 5.96. The van der Waals surface area contributed by atoms with Gasteiger partial charge in [0.25, 0.3) is 0 Å². The first kappa shape index (κ1) is 23.0. The van der Waals surface area contributed by atoms with E-state index in [-0.39, 0.29) is 18.1 Å². The molecule has 4 N–H and O–H groups in total. The molecule has 0 aliphatic rings. The number of aromatic hydroxyl groups is 1. The van der Waals surface area contributed by atoms with Crippen molar-refractivity contribution in [2.45, 2.75) is 20.3 Å². The number of H-pyrrole nitrogens is 1. The van der Waals surface area contributed by atoms with Crippen LogP contribution in [-0.2, 0) is 11.8 Å². The number of aromatic amines is 1. The lowest BCUT2D eigenvalue weighted by Crippen LogP contribution is -2.16. The molecule has 0 bridgehead atoms. The topological polar surface area (TPSA) is 134 Å². The number of nitrogens with zero attached hydrogens (tertiary/aromatic N) is 5. The summed E-state index contributed by atoms with van der Waals surface area (Å²) in [5.74, 6) is 0.474. The largest absolute Gasteiger partial charge is 0.506 e. The zero-order valence-corrected chi connectivity index (χ0v) is 20.2. The van der Waals surface area contributed by atoms with E-state index in [1.54, 1.807) is 17.1 Å². The molecule has 2 aromatic carbocycles. The van der Waals surface area contributed by atoms with Gasteiger partial charge < -0.3 is 15.7 Å². The van der Waals surface area contributed by atoms with Crippen LogP contribution in [0.15, 0.2) is 55.0 Å². The maximum atomic E-state index is 12.3. The zero-order valence-electron chi connectivity index (χ0n) is 20.2. The Morgan fingerprint density at radius 2 is 1.92 bits per heavy atom. The number of carbonyl (C=O) groups is 1. The number of aryl methyl sites for hydroxylation is 3. The maximum absolute atomic E-state index is 12.3. The second-order valence-corrected chi connectivity index (χ2v) is 8.67. The molecule has 0 aliphatic carbocycles. The summed E-state index contributed by atoms with van der Waals surface area (Å²) in [6, 6.07) is 11.4. The Kier molecular flexibility index (Phi) is 6.07. The molecule has 0 saturated carbocycles. The third-order valence-corrected chi connectivity index (χ3v) is 5.88. The number of fused-ring (bicyclic) bond motifs is 1. The molecule has 10 nitrogen and oxygen atoms in total. The number of amides is 1. The third-order valence-electron chi connectivity index (χ3n) is 5.88. The van der Waals surface area contributed by atoms with Crippen LogP contribution < -0.4 is 10.6 Å². The molecule has 10 heteroatoms. The fourth-order valence-corrected chi connectivity index (χ4v) is 4.00. The van der Waals surface area contributed by atoms with Crippen LogP contribution >= 0.6 is 0 Å². The van der Waals surface area contributed by atoms with E-state index in [0.29, 0.717) is 40.4 Å². The number of carbonyl (C=O) groups excluding carboxylic acids is 1. The van der Waals surface area contributed by atoms with Crippen molar-refractivity contribution in [3.8, 4) is 28.4 Å². The van der Waals surface area contributed by atoms with Gasteiger partial charge in [0, 0.05) is 37.5 Å². The Morgan fingerprint density at radius 1 is 1.11 bits per heavy atom. The van der Waals surface area contributed by atoms with Crippen molar-refractivity contribution in [2.24, 2.45) is 7.05 Å². The summed E-state index contributed by atoms with van der Waals surface area (Å²) in [6.45, 7) is 4.31. The van der Waals surface area contributed by atoms with Crippen molar-refractivity contribution in [1.82, 2.24) is 29.9 Å². The average Bonchev–Trinajstić information content (AvgIpc) is 3.53. The van der Waals surface area contributed by atoms with Gasteiger partial charge in [-0.1, -0.05) is 17.7 Å². The number of hydrogen-bond acceptors (Lipinski definition) is 7. The Morgan fingerprint density at radius 3 is 2.67 bits per heavy atom. The third kappa shape index (κ3) is 4.61. The SMILES string of the molecule is Cc1ccc(NC(=O)CCNc2cnc(-c3cc(C)c4[nH]ncc4c3O)c(-c3ccn(C)n3)n2)cc1. The fraction of sp³-hybridized carbons (Fsp3) is 0.192. The van der Waals surface area contributed by atoms with Crippen molar-refractivity contribution in [3.05, 3.63) is 66.1 Å². The van der Waals surface area contributed by atoms with Gasteiger partial charge in [0.1, 0.15) is 28.6 Å². The van der Waals surface area contributed by atoms with Gasteiger partial charge in [-0.3, -0.25) is 14.6 Å². The summed E-state index contributed by atoms with van der Waals surface area (Å²) < 4.78 is 1.68. The van der Waals surface area contributed by atoms with Gasteiger partial charge in [0.2, 0.25) is 5.91 Å². The minimum Gasteiger partial charge on any atom is -0.506 e. The molecule has 3 heterocycles. The number of nitrogens with one attached hydrogen (secondary N) is 3. The van der Waals surface area contributed by atoms with E-state index in [4.69, 9.17) is 4.98 Å². The quantitative estimate of drug-likeness (QED) is 0.273. The van der Waals surface area contributed by atoms with Crippen LogP contribution in [-0.4, -0.2) is 47.5 Å². The van der Waals surface area contributed by atoms with Crippen LogP contribution in [0.1, 0.15) is 17.5 Å².